The normalized spacial score (nSPS) is 12.8. The smallest absolute Gasteiger partial charge is 0.102 e. The number of nitrogens with zero attached hydrogens (tertiary/aromatic N) is 4. The number of rotatable bonds is 8. The number of aromatic nitrogens is 4. The molecular formula is C12H19BrN6OS. The first-order valence-electron chi connectivity index (χ1n) is 6.70. The Kier molecular flexibility index (Phi) is 6.24. The molecule has 0 aliphatic carbocycles. The highest BCUT2D eigenvalue weighted by Crippen LogP contribution is 2.31. The lowest BCUT2D eigenvalue weighted by molar-refractivity contribution is 0.182. The maximum absolute atomic E-state index is 5.79. The number of aryl methyl sites for hydroxylation is 1. The fourth-order valence-electron chi connectivity index (χ4n) is 2.14. The van der Waals surface area contributed by atoms with Crippen molar-refractivity contribution in [3.05, 3.63) is 26.9 Å². The van der Waals surface area contributed by atoms with Crippen LogP contribution in [0.1, 0.15) is 35.7 Å². The molecule has 21 heavy (non-hydrogen) atoms. The molecule has 0 radical (unpaired) electrons. The Morgan fingerprint density at radius 2 is 2.38 bits per heavy atom. The average molecular weight is 375 g/mol. The van der Waals surface area contributed by atoms with Crippen LogP contribution in [0.5, 0.6) is 0 Å². The Bertz CT molecular complexity index is 572. The van der Waals surface area contributed by atoms with Crippen LogP contribution in [0.25, 0.3) is 0 Å². The summed E-state index contributed by atoms with van der Waals surface area (Å²) in [5, 5.41) is 8.58. The van der Waals surface area contributed by atoms with E-state index in [1.54, 1.807) is 13.3 Å². The average Bonchev–Trinajstić information content (AvgIpc) is 3.07. The molecule has 2 heterocycles. The van der Waals surface area contributed by atoms with Gasteiger partial charge in [0.25, 0.3) is 0 Å². The van der Waals surface area contributed by atoms with Gasteiger partial charge in [-0.2, -0.15) is 5.10 Å². The largest absolute Gasteiger partial charge is 0.383 e. The number of methoxy groups -OCH3 is 1. The minimum Gasteiger partial charge on any atom is -0.383 e. The molecule has 1 unspecified atom stereocenters. The second kappa shape index (κ2) is 7.95. The number of ether oxygens (including phenoxy) is 1. The van der Waals surface area contributed by atoms with Crippen LogP contribution in [0.2, 0.25) is 0 Å². The second-order valence-corrected chi connectivity index (χ2v) is 6.17. The van der Waals surface area contributed by atoms with Gasteiger partial charge in [0.15, 0.2) is 0 Å². The van der Waals surface area contributed by atoms with E-state index in [4.69, 9.17) is 10.6 Å². The highest BCUT2D eigenvalue weighted by molar-refractivity contribution is 9.10. The predicted octanol–water partition coefficient (Wildman–Crippen LogP) is 1.65. The molecule has 0 aliphatic heterocycles. The van der Waals surface area contributed by atoms with Gasteiger partial charge in [0.05, 0.1) is 40.1 Å². The lowest BCUT2D eigenvalue weighted by atomic mass is 10.1. The number of nitrogens with one attached hydrogen (secondary N) is 1. The van der Waals surface area contributed by atoms with E-state index in [2.05, 4.69) is 43.0 Å². The molecule has 2 aromatic heterocycles. The van der Waals surface area contributed by atoms with E-state index in [-0.39, 0.29) is 6.04 Å². The van der Waals surface area contributed by atoms with Gasteiger partial charge in [-0.25, -0.2) is 5.43 Å². The summed E-state index contributed by atoms with van der Waals surface area (Å²) >= 11 is 4.91. The number of hydrogen-bond donors (Lipinski definition) is 2. The summed E-state index contributed by atoms with van der Waals surface area (Å²) in [5.74, 6) is 5.79. The Morgan fingerprint density at radius 1 is 1.57 bits per heavy atom. The van der Waals surface area contributed by atoms with E-state index in [1.807, 2.05) is 4.68 Å². The molecule has 0 aromatic carbocycles. The van der Waals surface area contributed by atoms with Crippen LogP contribution < -0.4 is 11.3 Å². The van der Waals surface area contributed by atoms with Crippen molar-refractivity contribution < 1.29 is 4.74 Å². The molecule has 0 aliphatic rings. The molecule has 0 saturated heterocycles. The minimum atomic E-state index is -0.194. The van der Waals surface area contributed by atoms with Crippen molar-refractivity contribution in [2.75, 3.05) is 13.7 Å². The van der Waals surface area contributed by atoms with Crippen molar-refractivity contribution in [3.8, 4) is 0 Å². The Hall–Kier alpha value is -0.870. The molecule has 3 N–H and O–H groups in total. The third-order valence-electron chi connectivity index (χ3n) is 3.11. The number of hydrogen-bond acceptors (Lipinski definition) is 7. The fraction of sp³-hybridized carbons (Fsp3) is 0.583. The molecule has 2 rings (SSSR count). The Balaban J connectivity index is 2.36. The third kappa shape index (κ3) is 3.67. The lowest BCUT2D eigenvalue weighted by Gasteiger charge is -2.17. The van der Waals surface area contributed by atoms with Crippen molar-refractivity contribution in [2.45, 2.75) is 32.4 Å². The van der Waals surface area contributed by atoms with E-state index in [0.29, 0.717) is 13.2 Å². The van der Waals surface area contributed by atoms with E-state index in [0.717, 1.165) is 33.6 Å². The maximum atomic E-state index is 5.79. The fourth-order valence-corrected chi connectivity index (χ4v) is 3.42. The summed E-state index contributed by atoms with van der Waals surface area (Å²) in [6.07, 6.45) is 3.66. The van der Waals surface area contributed by atoms with E-state index in [1.165, 1.54) is 11.5 Å². The van der Waals surface area contributed by atoms with Crippen molar-refractivity contribution in [3.63, 3.8) is 0 Å². The van der Waals surface area contributed by atoms with E-state index in [9.17, 15) is 0 Å². The van der Waals surface area contributed by atoms with Gasteiger partial charge in [-0.05, 0) is 33.9 Å². The zero-order valence-electron chi connectivity index (χ0n) is 12.0. The quantitative estimate of drug-likeness (QED) is 0.539. The zero-order chi connectivity index (χ0) is 15.2. The molecule has 1 atom stereocenters. The van der Waals surface area contributed by atoms with Gasteiger partial charge >= 0.3 is 0 Å². The number of nitrogens with two attached hydrogens (primary N) is 1. The summed E-state index contributed by atoms with van der Waals surface area (Å²) < 4.78 is 12.0. The summed E-state index contributed by atoms with van der Waals surface area (Å²) in [5.41, 5.74) is 4.80. The molecular weight excluding hydrogens is 356 g/mol. The molecule has 2 aromatic rings. The van der Waals surface area contributed by atoms with Gasteiger partial charge in [-0.1, -0.05) is 17.8 Å². The Labute approximate surface area is 136 Å². The first-order valence-corrected chi connectivity index (χ1v) is 8.26. The van der Waals surface area contributed by atoms with Gasteiger partial charge in [0.2, 0.25) is 0 Å². The van der Waals surface area contributed by atoms with Gasteiger partial charge in [-0.15, -0.1) is 5.10 Å². The highest BCUT2D eigenvalue weighted by atomic mass is 79.9. The highest BCUT2D eigenvalue weighted by Gasteiger charge is 2.25. The maximum Gasteiger partial charge on any atom is 0.102 e. The molecule has 116 valence electrons. The molecule has 0 bridgehead atoms. The second-order valence-electron chi connectivity index (χ2n) is 4.53. The SMILES string of the molecule is CCCc1nnsc1C(NN)c1c(Br)cnn1CCOC. The van der Waals surface area contributed by atoms with Crippen LogP contribution >= 0.6 is 27.5 Å². The van der Waals surface area contributed by atoms with Crippen molar-refractivity contribution in [2.24, 2.45) is 5.84 Å². The summed E-state index contributed by atoms with van der Waals surface area (Å²) in [6.45, 7) is 3.36. The predicted molar refractivity (Wildman–Crippen MR) is 84.9 cm³/mol. The van der Waals surface area contributed by atoms with Crippen LogP contribution in [0.15, 0.2) is 10.7 Å². The topological polar surface area (TPSA) is 90.9 Å². The van der Waals surface area contributed by atoms with Crippen LogP contribution in [-0.2, 0) is 17.7 Å². The van der Waals surface area contributed by atoms with Crippen LogP contribution in [0, 0.1) is 0 Å². The van der Waals surface area contributed by atoms with Gasteiger partial charge < -0.3 is 4.74 Å². The van der Waals surface area contributed by atoms with Crippen molar-refractivity contribution >= 4 is 27.5 Å². The summed E-state index contributed by atoms with van der Waals surface area (Å²) in [4.78, 5) is 1.03. The third-order valence-corrected chi connectivity index (χ3v) is 4.56. The number of halogens is 1. The van der Waals surface area contributed by atoms with Gasteiger partial charge in [0.1, 0.15) is 6.04 Å². The molecule has 0 fully saturated rings. The van der Waals surface area contributed by atoms with E-state index >= 15 is 0 Å². The van der Waals surface area contributed by atoms with Crippen LogP contribution in [0.4, 0.5) is 0 Å². The monoisotopic (exact) mass is 374 g/mol. The van der Waals surface area contributed by atoms with Crippen molar-refractivity contribution in [1.29, 1.82) is 0 Å². The molecule has 0 spiro atoms. The molecule has 9 heteroatoms. The first-order chi connectivity index (χ1) is 10.2. The Morgan fingerprint density at radius 3 is 3.05 bits per heavy atom. The zero-order valence-corrected chi connectivity index (χ0v) is 14.4. The van der Waals surface area contributed by atoms with E-state index < -0.39 is 0 Å². The molecule has 0 saturated carbocycles. The van der Waals surface area contributed by atoms with Crippen LogP contribution in [0.3, 0.4) is 0 Å². The summed E-state index contributed by atoms with van der Waals surface area (Å²) in [6, 6.07) is -0.194. The summed E-state index contributed by atoms with van der Waals surface area (Å²) in [7, 11) is 1.67. The number of hydrazine groups is 1. The molecule has 7 nitrogen and oxygen atoms in total. The standard InChI is InChI=1S/C12H19BrN6OS/c1-3-4-9-12(21-18-17-9)10(16-14)11-8(13)7-15-19(11)5-6-20-2/h7,10,16H,3-6,14H2,1-2H3. The lowest BCUT2D eigenvalue weighted by Crippen LogP contribution is -2.31. The van der Waals surface area contributed by atoms with Crippen LogP contribution in [-0.4, -0.2) is 33.1 Å². The van der Waals surface area contributed by atoms with Crippen molar-refractivity contribution in [1.82, 2.24) is 24.8 Å². The molecule has 0 amide bonds. The van der Waals surface area contributed by atoms with Gasteiger partial charge in [-0.3, -0.25) is 10.5 Å². The first kappa shape index (κ1) is 16.5. The minimum absolute atomic E-state index is 0.194. The van der Waals surface area contributed by atoms with Gasteiger partial charge in [0, 0.05) is 7.11 Å².